The lowest BCUT2D eigenvalue weighted by molar-refractivity contribution is 0.377. The molecule has 0 aromatic carbocycles. The molecular weight excluding hydrogens is 309 g/mol. The molecule has 22 heavy (non-hydrogen) atoms. The summed E-state index contributed by atoms with van der Waals surface area (Å²) in [5.41, 5.74) is 6.49. The number of fused-ring (bicyclic) bond motifs is 1. The van der Waals surface area contributed by atoms with E-state index in [0.29, 0.717) is 17.0 Å². The Hall–Kier alpha value is -2.22. The lowest BCUT2D eigenvalue weighted by Gasteiger charge is -2.04. The third-order valence-corrected chi connectivity index (χ3v) is 4.33. The number of hydrogen-bond donors (Lipinski definition) is 3. The van der Waals surface area contributed by atoms with E-state index < -0.39 is 13.1 Å². The van der Waals surface area contributed by atoms with Crippen LogP contribution in [0.3, 0.4) is 0 Å². The van der Waals surface area contributed by atoms with Gasteiger partial charge in [-0.2, -0.15) is 0 Å². The third-order valence-electron chi connectivity index (χ3n) is 3.52. The van der Waals surface area contributed by atoms with Crippen LogP contribution in [0.1, 0.15) is 18.9 Å². The van der Waals surface area contributed by atoms with Crippen LogP contribution in [-0.2, 0) is 4.57 Å². The smallest absolute Gasteiger partial charge is 0.391 e. The summed E-state index contributed by atoms with van der Waals surface area (Å²) in [6.07, 6.45) is 3.33. The highest BCUT2D eigenvalue weighted by Gasteiger charge is 2.32. The molecule has 1 aliphatic carbocycles. The van der Waals surface area contributed by atoms with Crippen molar-refractivity contribution in [2.24, 2.45) is 0 Å². The Morgan fingerprint density at radius 1 is 1.32 bits per heavy atom. The fourth-order valence-corrected chi connectivity index (χ4v) is 2.87. The van der Waals surface area contributed by atoms with Crippen molar-refractivity contribution in [1.82, 2.24) is 19.5 Å². The maximum absolute atomic E-state index is 11.3. The first-order chi connectivity index (χ1) is 10.4. The fourth-order valence-electron chi connectivity index (χ4n) is 2.38. The number of hydrogen-bond acceptors (Lipinski definition) is 6. The number of furan rings is 1. The molecule has 4 N–H and O–H groups in total. The third kappa shape index (κ3) is 2.02. The Morgan fingerprint density at radius 3 is 2.73 bits per heavy atom. The normalized spacial score (nSPS) is 15.5. The summed E-state index contributed by atoms with van der Waals surface area (Å²) in [4.78, 5) is 30.9. The van der Waals surface area contributed by atoms with Gasteiger partial charge in [-0.15, -0.1) is 0 Å². The first kappa shape index (κ1) is 13.4. The van der Waals surface area contributed by atoms with E-state index in [-0.39, 0.29) is 17.6 Å². The van der Waals surface area contributed by atoms with Crippen LogP contribution in [-0.4, -0.2) is 29.3 Å². The van der Waals surface area contributed by atoms with Gasteiger partial charge in [-0.1, -0.05) is 0 Å². The van der Waals surface area contributed by atoms with E-state index in [0.717, 1.165) is 12.8 Å². The highest BCUT2D eigenvalue weighted by molar-refractivity contribution is 7.59. The first-order valence-corrected chi connectivity index (χ1v) is 8.21. The summed E-state index contributed by atoms with van der Waals surface area (Å²) in [6, 6.07) is 2.97. The quantitative estimate of drug-likeness (QED) is 0.602. The van der Waals surface area contributed by atoms with Gasteiger partial charge in [-0.05, 0) is 25.0 Å². The van der Waals surface area contributed by atoms with Crippen LogP contribution in [0.2, 0.25) is 0 Å². The number of aromatic nitrogens is 4. The van der Waals surface area contributed by atoms with E-state index in [4.69, 9.17) is 10.2 Å². The second-order valence-electron chi connectivity index (χ2n) is 5.15. The van der Waals surface area contributed by atoms with Crippen molar-refractivity contribution in [3.8, 4) is 11.6 Å². The lowest BCUT2D eigenvalue weighted by atomic mass is 10.4. The van der Waals surface area contributed by atoms with Crippen molar-refractivity contribution in [3.63, 3.8) is 0 Å². The van der Waals surface area contributed by atoms with Gasteiger partial charge in [0.15, 0.2) is 28.6 Å². The molecule has 1 aliphatic rings. The van der Waals surface area contributed by atoms with Crippen LogP contribution in [0.15, 0.2) is 22.9 Å². The van der Waals surface area contributed by atoms with E-state index in [9.17, 15) is 14.4 Å². The predicted octanol–water partition coefficient (Wildman–Crippen LogP) is 0.806. The molecule has 3 aromatic rings. The number of nitrogen functional groups attached to an aromatic ring is 1. The lowest BCUT2D eigenvalue weighted by Crippen LogP contribution is -2.00. The molecule has 114 valence electrons. The van der Waals surface area contributed by atoms with Crippen LogP contribution < -0.4 is 11.2 Å². The number of imidazole rings is 1. The molecule has 4 rings (SSSR count). The van der Waals surface area contributed by atoms with Gasteiger partial charge in [0.1, 0.15) is 6.33 Å². The molecule has 0 bridgehead atoms. The monoisotopic (exact) mass is 321 g/mol. The van der Waals surface area contributed by atoms with Gasteiger partial charge < -0.3 is 24.5 Å². The molecule has 0 aliphatic heterocycles. The average molecular weight is 321 g/mol. The molecule has 3 aromatic heterocycles. The molecule has 0 radical (unpaired) electrons. The second kappa shape index (κ2) is 4.39. The van der Waals surface area contributed by atoms with E-state index in [1.807, 2.05) is 4.57 Å². The summed E-state index contributed by atoms with van der Waals surface area (Å²) in [5, 5.41) is 0. The Bertz CT molecular complexity index is 923. The summed E-state index contributed by atoms with van der Waals surface area (Å²) < 4.78 is 18.4. The van der Waals surface area contributed by atoms with Gasteiger partial charge >= 0.3 is 7.60 Å². The molecule has 3 heterocycles. The van der Waals surface area contributed by atoms with Crippen LogP contribution in [0.5, 0.6) is 0 Å². The zero-order chi connectivity index (χ0) is 15.5. The molecule has 0 spiro atoms. The van der Waals surface area contributed by atoms with Gasteiger partial charge in [0.05, 0.1) is 0 Å². The van der Waals surface area contributed by atoms with Crippen LogP contribution in [0.25, 0.3) is 22.7 Å². The Morgan fingerprint density at radius 2 is 2.09 bits per heavy atom. The minimum Gasteiger partial charge on any atom is -0.445 e. The molecule has 1 saturated carbocycles. The number of nitrogens with zero attached hydrogens (tertiary/aromatic N) is 4. The summed E-state index contributed by atoms with van der Waals surface area (Å²) >= 11 is 0. The van der Waals surface area contributed by atoms with Crippen molar-refractivity contribution in [2.75, 3.05) is 5.73 Å². The summed E-state index contributed by atoms with van der Waals surface area (Å²) in [7, 11) is -4.44. The minimum atomic E-state index is -4.44. The van der Waals surface area contributed by atoms with Crippen molar-refractivity contribution < 1.29 is 18.8 Å². The van der Waals surface area contributed by atoms with Gasteiger partial charge in [0, 0.05) is 6.04 Å². The molecule has 1 fully saturated rings. The van der Waals surface area contributed by atoms with E-state index >= 15 is 0 Å². The molecule has 10 heteroatoms. The molecule has 0 atom stereocenters. The highest BCUT2D eigenvalue weighted by atomic mass is 31.2. The Kier molecular flexibility index (Phi) is 2.68. The zero-order valence-electron chi connectivity index (χ0n) is 11.2. The zero-order valence-corrected chi connectivity index (χ0v) is 12.1. The summed E-state index contributed by atoms with van der Waals surface area (Å²) in [6.45, 7) is 0. The van der Waals surface area contributed by atoms with Crippen LogP contribution >= 0.6 is 7.60 Å². The summed E-state index contributed by atoms with van der Waals surface area (Å²) in [5.74, 6) is 0.972. The van der Waals surface area contributed by atoms with Crippen LogP contribution in [0, 0.1) is 0 Å². The predicted molar refractivity (Wildman–Crippen MR) is 77.4 cm³/mol. The highest BCUT2D eigenvalue weighted by Crippen LogP contribution is 2.42. The Labute approximate surface area is 124 Å². The Balaban J connectivity index is 1.95. The molecule has 9 nitrogen and oxygen atoms in total. The molecule has 0 saturated heterocycles. The average Bonchev–Trinajstić information content (AvgIpc) is 3.02. The van der Waals surface area contributed by atoms with Crippen molar-refractivity contribution in [3.05, 3.63) is 18.5 Å². The van der Waals surface area contributed by atoms with Crippen LogP contribution in [0.4, 0.5) is 5.82 Å². The minimum absolute atomic E-state index is 0.234. The standard InChI is InChI=1S/C12H12N5O4P/c13-10-9-12(15-5-14-10)17(6-1-2-6)11(16-9)7-3-4-8(21-7)22(18,19)20/h3-6H,1-2H2,(H2,13,14,15)(H2,18,19,20). The van der Waals surface area contributed by atoms with E-state index in [2.05, 4.69) is 15.0 Å². The topological polar surface area (TPSA) is 140 Å². The van der Waals surface area contributed by atoms with E-state index in [1.54, 1.807) is 0 Å². The van der Waals surface area contributed by atoms with Crippen molar-refractivity contribution >= 4 is 30.1 Å². The number of rotatable bonds is 3. The van der Waals surface area contributed by atoms with Crippen molar-refractivity contribution in [2.45, 2.75) is 18.9 Å². The maximum Gasteiger partial charge on any atom is 0.391 e. The number of anilines is 1. The SMILES string of the molecule is Nc1ncnc2c1nc(-c1ccc(P(=O)(O)O)o1)n2C1CC1. The van der Waals surface area contributed by atoms with Gasteiger partial charge in [0.25, 0.3) is 0 Å². The molecule has 0 amide bonds. The molecular formula is C12H12N5O4P. The van der Waals surface area contributed by atoms with Gasteiger partial charge in [-0.25, -0.2) is 15.0 Å². The van der Waals surface area contributed by atoms with Gasteiger partial charge in [0.2, 0.25) is 5.50 Å². The number of nitrogens with two attached hydrogens (primary N) is 1. The van der Waals surface area contributed by atoms with E-state index in [1.165, 1.54) is 18.5 Å². The van der Waals surface area contributed by atoms with Gasteiger partial charge in [-0.3, -0.25) is 4.57 Å². The maximum atomic E-state index is 11.3. The first-order valence-electron chi connectivity index (χ1n) is 6.60. The van der Waals surface area contributed by atoms with Crippen molar-refractivity contribution in [1.29, 1.82) is 0 Å². The second-order valence-corrected chi connectivity index (χ2v) is 6.68. The fraction of sp³-hybridized carbons (Fsp3) is 0.250. The largest absolute Gasteiger partial charge is 0.445 e. The molecule has 0 unspecified atom stereocenters.